The van der Waals surface area contributed by atoms with Crippen molar-refractivity contribution in [2.75, 3.05) is 11.4 Å². The smallest absolute Gasteiger partial charge is 0.308 e. The molecule has 2 aromatic carbocycles. The normalized spacial score (nSPS) is 13.2. The van der Waals surface area contributed by atoms with Crippen LogP contribution >= 0.6 is 0 Å². The highest BCUT2D eigenvalue weighted by atomic mass is 19.2. The molecule has 1 aliphatic heterocycles. The third-order valence-corrected chi connectivity index (χ3v) is 3.45. The number of halogens is 2. The molecule has 0 radical (unpaired) electrons. The fourth-order valence-corrected chi connectivity index (χ4v) is 2.57. The van der Waals surface area contributed by atoms with Crippen LogP contribution in [0.25, 0.3) is 0 Å². The lowest BCUT2D eigenvalue weighted by Crippen LogP contribution is -2.13. The van der Waals surface area contributed by atoms with Crippen molar-refractivity contribution in [3.8, 4) is 5.75 Å². The van der Waals surface area contributed by atoms with Gasteiger partial charge in [0.2, 0.25) is 0 Å². The molecule has 0 N–H and O–H groups in total. The van der Waals surface area contributed by atoms with Gasteiger partial charge in [0.05, 0.1) is 0 Å². The third-order valence-electron chi connectivity index (χ3n) is 3.45. The number of rotatable bonds is 2. The van der Waals surface area contributed by atoms with E-state index in [1.165, 1.54) is 19.1 Å². The highest BCUT2D eigenvalue weighted by Crippen LogP contribution is 2.39. The Balaban J connectivity index is 2.00. The zero-order chi connectivity index (χ0) is 15.0. The molecule has 1 aliphatic rings. The number of ether oxygens (including phenoxy) is 1. The molecule has 0 fully saturated rings. The second kappa shape index (κ2) is 5.16. The molecule has 21 heavy (non-hydrogen) atoms. The number of carbonyl (C=O) groups excluding carboxylic acids is 1. The number of nitrogens with zero attached hydrogens (tertiary/aromatic N) is 1. The van der Waals surface area contributed by atoms with E-state index in [1.807, 2.05) is 11.0 Å². The van der Waals surface area contributed by atoms with Gasteiger partial charge in [0.25, 0.3) is 0 Å². The largest absolute Gasteiger partial charge is 0.426 e. The first-order chi connectivity index (χ1) is 10.1. The molecule has 0 saturated heterocycles. The van der Waals surface area contributed by atoms with E-state index >= 15 is 0 Å². The van der Waals surface area contributed by atoms with Crippen molar-refractivity contribution in [1.82, 2.24) is 0 Å². The van der Waals surface area contributed by atoms with Crippen molar-refractivity contribution in [3.05, 3.63) is 53.6 Å². The lowest BCUT2D eigenvalue weighted by molar-refractivity contribution is -0.131. The van der Waals surface area contributed by atoms with E-state index in [2.05, 4.69) is 0 Å². The zero-order valence-electron chi connectivity index (χ0n) is 11.4. The second-order valence-electron chi connectivity index (χ2n) is 4.85. The van der Waals surface area contributed by atoms with Gasteiger partial charge in [-0.3, -0.25) is 4.79 Å². The van der Waals surface area contributed by atoms with Gasteiger partial charge in [-0.2, -0.15) is 0 Å². The van der Waals surface area contributed by atoms with Crippen molar-refractivity contribution in [3.63, 3.8) is 0 Å². The topological polar surface area (TPSA) is 29.5 Å². The molecule has 0 atom stereocenters. The van der Waals surface area contributed by atoms with Crippen LogP contribution in [0.3, 0.4) is 0 Å². The molecule has 0 spiro atoms. The van der Waals surface area contributed by atoms with Gasteiger partial charge in [0.15, 0.2) is 11.6 Å². The van der Waals surface area contributed by atoms with Gasteiger partial charge < -0.3 is 9.64 Å². The van der Waals surface area contributed by atoms with Crippen LogP contribution in [0.4, 0.5) is 20.2 Å². The maximum absolute atomic E-state index is 13.4. The van der Waals surface area contributed by atoms with E-state index in [0.29, 0.717) is 24.4 Å². The minimum atomic E-state index is -0.878. The van der Waals surface area contributed by atoms with Crippen molar-refractivity contribution >= 4 is 17.3 Å². The summed E-state index contributed by atoms with van der Waals surface area (Å²) in [4.78, 5) is 13.0. The lowest BCUT2D eigenvalue weighted by atomic mass is 10.1. The average molecular weight is 289 g/mol. The molecule has 3 rings (SSSR count). The van der Waals surface area contributed by atoms with Crippen LogP contribution < -0.4 is 9.64 Å². The Morgan fingerprint density at radius 1 is 1.19 bits per heavy atom. The molecule has 0 amide bonds. The first kappa shape index (κ1) is 13.5. The third kappa shape index (κ3) is 2.46. The second-order valence-corrected chi connectivity index (χ2v) is 4.85. The number of hydrogen-bond donors (Lipinski definition) is 0. The van der Waals surface area contributed by atoms with Crippen LogP contribution in [-0.2, 0) is 11.2 Å². The summed E-state index contributed by atoms with van der Waals surface area (Å²) in [5, 5.41) is 0. The molecule has 0 saturated carbocycles. The van der Waals surface area contributed by atoms with Crippen LogP contribution in [0.15, 0.2) is 36.4 Å². The first-order valence-electron chi connectivity index (χ1n) is 6.59. The number of carbonyl (C=O) groups is 1. The quantitative estimate of drug-likeness (QED) is 0.625. The maximum atomic E-state index is 13.4. The summed E-state index contributed by atoms with van der Waals surface area (Å²) < 4.78 is 31.6. The van der Waals surface area contributed by atoms with E-state index < -0.39 is 11.6 Å². The SMILES string of the molecule is CC(=O)Oc1cccc2c1CCN2c1ccc(F)c(F)c1. The molecule has 5 heteroatoms. The van der Waals surface area contributed by atoms with Gasteiger partial charge >= 0.3 is 5.97 Å². The Labute approximate surface area is 120 Å². The fourth-order valence-electron chi connectivity index (χ4n) is 2.57. The first-order valence-corrected chi connectivity index (χ1v) is 6.59. The van der Waals surface area contributed by atoms with Crippen LogP contribution in [0.1, 0.15) is 12.5 Å². The van der Waals surface area contributed by atoms with Gasteiger partial charge in [-0.05, 0) is 30.7 Å². The highest BCUT2D eigenvalue weighted by Gasteiger charge is 2.24. The molecule has 2 aromatic rings. The van der Waals surface area contributed by atoms with Crippen LogP contribution in [0, 0.1) is 11.6 Å². The van der Waals surface area contributed by atoms with Gasteiger partial charge in [0, 0.05) is 36.5 Å². The summed E-state index contributed by atoms with van der Waals surface area (Å²) in [5.41, 5.74) is 2.32. The van der Waals surface area contributed by atoms with Gasteiger partial charge in [-0.15, -0.1) is 0 Å². The van der Waals surface area contributed by atoms with Crippen LogP contribution in [0.2, 0.25) is 0 Å². The van der Waals surface area contributed by atoms with E-state index in [4.69, 9.17) is 4.74 Å². The van der Waals surface area contributed by atoms with E-state index in [9.17, 15) is 13.6 Å². The van der Waals surface area contributed by atoms with Crippen LogP contribution in [-0.4, -0.2) is 12.5 Å². The van der Waals surface area contributed by atoms with Gasteiger partial charge in [-0.25, -0.2) is 8.78 Å². The number of hydrogen-bond acceptors (Lipinski definition) is 3. The molecule has 0 bridgehead atoms. The summed E-state index contributed by atoms with van der Waals surface area (Å²) in [5.74, 6) is -1.61. The standard InChI is InChI=1S/C16H13F2NO2/c1-10(20)21-16-4-2-3-15-12(16)7-8-19(15)11-5-6-13(17)14(18)9-11/h2-6,9H,7-8H2,1H3. The van der Waals surface area contributed by atoms with Gasteiger partial charge in [-0.1, -0.05) is 6.07 Å². The Bertz CT molecular complexity index is 715. The number of anilines is 2. The molecule has 1 heterocycles. The Hall–Kier alpha value is -2.43. The summed E-state index contributed by atoms with van der Waals surface area (Å²) in [6.45, 7) is 1.97. The lowest BCUT2D eigenvalue weighted by Gasteiger charge is -2.20. The number of fused-ring (bicyclic) bond motifs is 1. The summed E-state index contributed by atoms with van der Waals surface area (Å²) >= 11 is 0. The number of benzene rings is 2. The summed E-state index contributed by atoms with van der Waals surface area (Å²) in [6.07, 6.45) is 0.678. The summed E-state index contributed by atoms with van der Waals surface area (Å²) in [7, 11) is 0. The molecule has 0 aromatic heterocycles. The molecule has 0 unspecified atom stereocenters. The van der Waals surface area contributed by atoms with E-state index in [1.54, 1.807) is 12.1 Å². The van der Waals surface area contributed by atoms with E-state index in [0.717, 1.165) is 17.3 Å². The molecule has 3 nitrogen and oxygen atoms in total. The monoisotopic (exact) mass is 289 g/mol. The minimum absolute atomic E-state index is 0.380. The molecular formula is C16H13F2NO2. The van der Waals surface area contributed by atoms with E-state index in [-0.39, 0.29) is 5.97 Å². The number of esters is 1. The zero-order valence-corrected chi connectivity index (χ0v) is 11.4. The van der Waals surface area contributed by atoms with Crippen molar-refractivity contribution in [2.45, 2.75) is 13.3 Å². The predicted molar refractivity (Wildman–Crippen MR) is 74.8 cm³/mol. The van der Waals surface area contributed by atoms with Crippen molar-refractivity contribution < 1.29 is 18.3 Å². The van der Waals surface area contributed by atoms with Gasteiger partial charge in [0.1, 0.15) is 5.75 Å². The van der Waals surface area contributed by atoms with Crippen molar-refractivity contribution in [1.29, 1.82) is 0 Å². The fraction of sp³-hybridized carbons (Fsp3) is 0.188. The minimum Gasteiger partial charge on any atom is -0.426 e. The Kier molecular flexibility index (Phi) is 3.33. The van der Waals surface area contributed by atoms with Crippen molar-refractivity contribution in [2.24, 2.45) is 0 Å². The molecular weight excluding hydrogens is 276 g/mol. The van der Waals surface area contributed by atoms with Crippen LogP contribution in [0.5, 0.6) is 5.75 Å². The predicted octanol–water partition coefficient (Wildman–Crippen LogP) is 3.58. The Morgan fingerprint density at radius 3 is 2.71 bits per heavy atom. The highest BCUT2D eigenvalue weighted by molar-refractivity contribution is 5.76. The Morgan fingerprint density at radius 2 is 2.00 bits per heavy atom. The maximum Gasteiger partial charge on any atom is 0.308 e. The molecule has 0 aliphatic carbocycles. The molecule has 108 valence electrons. The summed E-state index contributed by atoms with van der Waals surface area (Å²) in [6, 6.07) is 9.19. The average Bonchev–Trinajstić information content (AvgIpc) is 2.86.